The van der Waals surface area contributed by atoms with Gasteiger partial charge in [0.15, 0.2) is 0 Å². The van der Waals surface area contributed by atoms with E-state index in [1.807, 2.05) is 31.2 Å². The first-order valence-corrected chi connectivity index (χ1v) is 8.08. The highest BCUT2D eigenvalue weighted by Crippen LogP contribution is 2.18. The lowest BCUT2D eigenvalue weighted by Gasteiger charge is -2.21. The Morgan fingerprint density at radius 3 is 2.24 bits per heavy atom. The second-order valence-corrected chi connectivity index (χ2v) is 6.05. The molecule has 1 aromatic rings. The topological polar surface area (TPSA) is 67.1 Å². The maximum Gasteiger partial charge on any atom is 0.319 e. The molecule has 4 nitrogen and oxygen atoms in total. The van der Waals surface area contributed by atoms with E-state index in [1.165, 1.54) is 32.1 Å². The van der Waals surface area contributed by atoms with Gasteiger partial charge in [0.2, 0.25) is 0 Å². The Balaban J connectivity index is 1.82. The van der Waals surface area contributed by atoms with Crippen molar-refractivity contribution in [2.75, 3.05) is 5.32 Å². The highest BCUT2D eigenvalue weighted by atomic mass is 16.2. The number of carbonyl (C=O) groups excluding carboxylic acids is 1. The zero-order valence-corrected chi connectivity index (χ0v) is 12.9. The van der Waals surface area contributed by atoms with Gasteiger partial charge in [-0.05, 0) is 37.5 Å². The molecule has 4 N–H and O–H groups in total. The minimum atomic E-state index is -0.103. The van der Waals surface area contributed by atoms with Gasteiger partial charge in [-0.3, -0.25) is 0 Å². The summed E-state index contributed by atoms with van der Waals surface area (Å²) < 4.78 is 0. The van der Waals surface area contributed by atoms with E-state index in [9.17, 15) is 4.79 Å². The maximum absolute atomic E-state index is 12.1. The SMILES string of the molecule is CC(N)c1ccc(NC(=O)NC2CCCCCCC2)cc1. The van der Waals surface area contributed by atoms with Gasteiger partial charge in [0.1, 0.15) is 0 Å². The van der Waals surface area contributed by atoms with E-state index >= 15 is 0 Å². The fourth-order valence-corrected chi connectivity index (χ4v) is 2.82. The molecule has 0 heterocycles. The van der Waals surface area contributed by atoms with Crippen molar-refractivity contribution in [3.05, 3.63) is 29.8 Å². The van der Waals surface area contributed by atoms with Crippen molar-refractivity contribution in [1.82, 2.24) is 5.32 Å². The highest BCUT2D eigenvalue weighted by molar-refractivity contribution is 5.89. The second kappa shape index (κ2) is 8.03. The van der Waals surface area contributed by atoms with Crippen LogP contribution in [0.15, 0.2) is 24.3 Å². The molecule has 1 aliphatic rings. The van der Waals surface area contributed by atoms with Crippen LogP contribution in [-0.2, 0) is 0 Å². The first-order valence-electron chi connectivity index (χ1n) is 8.08. The molecule has 1 unspecified atom stereocenters. The van der Waals surface area contributed by atoms with Gasteiger partial charge in [-0.25, -0.2) is 4.79 Å². The van der Waals surface area contributed by atoms with Crippen LogP contribution in [-0.4, -0.2) is 12.1 Å². The molecular weight excluding hydrogens is 262 g/mol. The number of rotatable bonds is 3. The molecule has 1 aromatic carbocycles. The number of hydrogen-bond donors (Lipinski definition) is 3. The van der Waals surface area contributed by atoms with Crippen LogP contribution in [0.3, 0.4) is 0 Å². The van der Waals surface area contributed by atoms with Crippen LogP contribution in [0.1, 0.15) is 63.5 Å². The third-order valence-electron chi connectivity index (χ3n) is 4.13. The summed E-state index contributed by atoms with van der Waals surface area (Å²) in [5.74, 6) is 0. The zero-order valence-electron chi connectivity index (χ0n) is 12.9. The normalized spacial score (nSPS) is 18.4. The van der Waals surface area contributed by atoms with Gasteiger partial charge >= 0.3 is 6.03 Å². The van der Waals surface area contributed by atoms with E-state index in [0.717, 1.165) is 24.1 Å². The van der Waals surface area contributed by atoms with Crippen LogP contribution in [0, 0.1) is 0 Å². The summed E-state index contributed by atoms with van der Waals surface area (Å²) >= 11 is 0. The number of urea groups is 1. The number of nitrogens with two attached hydrogens (primary N) is 1. The summed E-state index contributed by atoms with van der Waals surface area (Å²) in [4.78, 5) is 12.1. The van der Waals surface area contributed by atoms with Crippen LogP contribution in [0.2, 0.25) is 0 Å². The van der Waals surface area contributed by atoms with E-state index < -0.39 is 0 Å². The molecule has 1 atom stereocenters. The number of hydrogen-bond acceptors (Lipinski definition) is 2. The molecule has 0 radical (unpaired) electrons. The number of anilines is 1. The van der Waals surface area contributed by atoms with E-state index in [-0.39, 0.29) is 12.1 Å². The van der Waals surface area contributed by atoms with E-state index in [2.05, 4.69) is 10.6 Å². The van der Waals surface area contributed by atoms with Gasteiger partial charge in [-0.2, -0.15) is 0 Å². The molecule has 21 heavy (non-hydrogen) atoms. The molecule has 0 bridgehead atoms. The smallest absolute Gasteiger partial charge is 0.319 e. The number of carbonyl (C=O) groups is 1. The van der Waals surface area contributed by atoms with E-state index in [0.29, 0.717) is 6.04 Å². The zero-order chi connectivity index (χ0) is 15.1. The van der Waals surface area contributed by atoms with Crippen molar-refractivity contribution in [2.45, 2.75) is 64.0 Å². The second-order valence-electron chi connectivity index (χ2n) is 6.05. The Morgan fingerprint density at radius 1 is 1.10 bits per heavy atom. The molecule has 4 heteroatoms. The van der Waals surface area contributed by atoms with Crippen molar-refractivity contribution in [3.8, 4) is 0 Å². The van der Waals surface area contributed by atoms with Gasteiger partial charge in [-0.15, -0.1) is 0 Å². The highest BCUT2D eigenvalue weighted by Gasteiger charge is 2.13. The van der Waals surface area contributed by atoms with Crippen molar-refractivity contribution in [1.29, 1.82) is 0 Å². The van der Waals surface area contributed by atoms with E-state index in [4.69, 9.17) is 5.73 Å². The minimum absolute atomic E-state index is 0.0165. The molecule has 1 fully saturated rings. The fraction of sp³-hybridized carbons (Fsp3) is 0.588. The summed E-state index contributed by atoms with van der Waals surface area (Å²) in [6.45, 7) is 1.95. The Kier molecular flexibility index (Phi) is 6.05. The lowest BCUT2D eigenvalue weighted by molar-refractivity contribution is 0.245. The number of amides is 2. The van der Waals surface area contributed by atoms with Crippen LogP contribution < -0.4 is 16.4 Å². The molecule has 116 valence electrons. The van der Waals surface area contributed by atoms with Gasteiger partial charge in [0.25, 0.3) is 0 Å². The molecule has 0 saturated heterocycles. The van der Waals surface area contributed by atoms with Gasteiger partial charge in [0, 0.05) is 17.8 Å². The summed E-state index contributed by atoms with van der Waals surface area (Å²) in [5.41, 5.74) is 7.70. The summed E-state index contributed by atoms with van der Waals surface area (Å²) in [6, 6.07) is 7.93. The average Bonchev–Trinajstić information content (AvgIpc) is 2.42. The number of nitrogens with one attached hydrogen (secondary N) is 2. The predicted octanol–water partition coefficient (Wildman–Crippen LogP) is 3.94. The Hall–Kier alpha value is -1.55. The lowest BCUT2D eigenvalue weighted by Crippen LogP contribution is -2.38. The molecule has 0 aliphatic heterocycles. The number of benzene rings is 1. The van der Waals surface area contributed by atoms with Crippen molar-refractivity contribution >= 4 is 11.7 Å². The van der Waals surface area contributed by atoms with Crippen molar-refractivity contribution in [3.63, 3.8) is 0 Å². The van der Waals surface area contributed by atoms with Crippen LogP contribution >= 0.6 is 0 Å². The largest absolute Gasteiger partial charge is 0.335 e. The maximum atomic E-state index is 12.1. The fourth-order valence-electron chi connectivity index (χ4n) is 2.82. The molecule has 2 rings (SSSR count). The summed E-state index contributed by atoms with van der Waals surface area (Å²) in [6.07, 6.45) is 8.54. The predicted molar refractivity (Wildman–Crippen MR) is 87.3 cm³/mol. The Bertz CT molecular complexity index is 434. The average molecular weight is 289 g/mol. The minimum Gasteiger partial charge on any atom is -0.335 e. The third kappa shape index (κ3) is 5.38. The van der Waals surface area contributed by atoms with Gasteiger partial charge in [0.05, 0.1) is 0 Å². The van der Waals surface area contributed by atoms with E-state index in [1.54, 1.807) is 0 Å². The van der Waals surface area contributed by atoms with Crippen LogP contribution in [0.5, 0.6) is 0 Å². The molecule has 1 aliphatic carbocycles. The van der Waals surface area contributed by atoms with Crippen molar-refractivity contribution in [2.24, 2.45) is 5.73 Å². The van der Waals surface area contributed by atoms with Crippen LogP contribution in [0.4, 0.5) is 10.5 Å². The quantitative estimate of drug-likeness (QED) is 0.789. The Labute approximate surface area is 127 Å². The first kappa shape index (κ1) is 15.8. The third-order valence-corrected chi connectivity index (χ3v) is 4.13. The summed E-state index contributed by atoms with van der Waals surface area (Å²) in [5, 5.41) is 6.00. The first-order chi connectivity index (χ1) is 10.1. The molecule has 0 aromatic heterocycles. The van der Waals surface area contributed by atoms with Crippen LogP contribution in [0.25, 0.3) is 0 Å². The lowest BCUT2D eigenvalue weighted by atomic mass is 9.97. The van der Waals surface area contributed by atoms with Gasteiger partial charge in [-0.1, -0.05) is 44.2 Å². The molecule has 2 amide bonds. The van der Waals surface area contributed by atoms with Crippen molar-refractivity contribution < 1.29 is 4.79 Å². The molecular formula is C17H27N3O. The molecule has 1 saturated carbocycles. The monoisotopic (exact) mass is 289 g/mol. The summed E-state index contributed by atoms with van der Waals surface area (Å²) in [7, 11) is 0. The van der Waals surface area contributed by atoms with Gasteiger partial charge < -0.3 is 16.4 Å². The Morgan fingerprint density at radius 2 is 1.67 bits per heavy atom. The standard InChI is InChI=1S/C17H27N3O/c1-13(18)14-9-11-16(12-10-14)20-17(21)19-15-7-5-3-2-4-6-8-15/h9-13,15H,2-8,18H2,1H3,(H2,19,20,21). The molecule has 0 spiro atoms.